The molecule has 21 heavy (non-hydrogen) atoms. The molecular weight excluding hydrogens is 271 g/mol. The van der Waals surface area contributed by atoms with E-state index in [0.29, 0.717) is 28.7 Å². The molecule has 108 valence electrons. The summed E-state index contributed by atoms with van der Waals surface area (Å²) in [6.45, 7) is 3.76. The summed E-state index contributed by atoms with van der Waals surface area (Å²) in [6.07, 6.45) is -0.279. The summed E-state index contributed by atoms with van der Waals surface area (Å²) in [7, 11) is 0. The smallest absolute Gasteiger partial charge is 0.139 e. The lowest BCUT2D eigenvalue weighted by molar-refractivity contribution is 0.190. The van der Waals surface area contributed by atoms with E-state index < -0.39 is 6.10 Å². The molecular formula is C16H15FN2O2. The minimum Gasteiger partial charge on any atom is -0.458 e. The van der Waals surface area contributed by atoms with E-state index in [-0.39, 0.29) is 5.82 Å². The van der Waals surface area contributed by atoms with E-state index in [1.54, 1.807) is 18.2 Å². The molecule has 1 unspecified atom stereocenters. The first kappa shape index (κ1) is 13.7. The minimum atomic E-state index is -0.940. The third-order valence-corrected chi connectivity index (χ3v) is 3.42. The Hall–Kier alpha value is -2.27. The monoisotopic (exact) mass is 286 g/mol. The molecule has 4 nitrogen and oxygen atoms in total. The number of hydrogen-bond donors (Lipinski definition) is 1. The molecule has 5 heteroatoms. The molecule has 0 radical (unpaired) electrons. The molecule has 0 bridgehead atoms. The molecule has 2 aromatic heterocycles. The topological polar surface area (TPSA) is 59.2 Å². The van der Waals surface area contributed by atoms with Gasteiger partial charge in [0.05, 0.1) is 11.4 Å². The average molecular weight is 286 g/mol. The number of rotatable bonds is 3. The normalized spacial score (nSPS) is 12.8. The third-order valence-electron chi connectivity index (χ3n) is 3.42. The first-order valence-electron chi connectivity index (χ1n) is 6.78. The van der Waals surface area contributed by atoms with Gasteiger partial charge in [-0.1, -0.05) is 6.92 Å². The summed E-state index contributed by atoms with van der Waals surface area (Å²) in [6, 6.07) is 7.71. The molecule has 2 heterocycles. The molecule has 0 aliphatic rings. The third kappa shape index (κ3) is 2.52. The van der Waals surface area contributed by atoms with Gasteiger partial charge in [-0.25, -0.2) is 4.39 Å². The molecule has 0 aliphatic heterocycles. The number of aliphatic hydroxyl groups excluding tert-OH is 1. The number of halogens is 1. The maximum Gasteiger partial charge on any atom is 0.139 e. The number of aryl methyl sites for hydroxylation is 2. The summed E-state index contributed by atoms with van der Waals surface area (Å²) < 4.78 is 18.8. The zero-order valence-electron chi connectivity index (χ0n) is 11.8. The van der Waals surface area contributed by atoms with Crippen molar-refractivity contribution < 1.29 is 13.9 Å². The lowest BCUT2D eigenvalue weighted by Gasteiger charge is -2.11. The van der Waals surface area contributed by atoms with Crippen LogP contribution in [0, 0.1) is 12.7 Å². The number of aromatic nitrogens is 2. The minimum absolute atomic E-state index is 0.333. The van der Waals surface area contributed by atoms with E-state index in [4.69, 9.17) is 4.42 Å². The van der Waals surface area contributed by atoms with Crippen molar-refractivity contribution in [2.45, 2.75) is 26.4 Å². The molecule has 0 aliphatic carbocycles. The lowest BCUT2D eigenvalue weighted by Crippen LogP contribution is -2.07. The van der Waals surface area contributed by atoms with E-state index in [1.807, 2.05) is 13.8 Å². The van der Waals surface area contributed by atoms with Crippen molar-refractivity contribution in [1.29, 1.82) is 0 Å². The first-order valence-corrected chi connectivity index (χ1v) is 6.78. The van der Waals surface area contributed by atoms with Crippen LogP contribution in [0.2, 0.25) is 0 Å². The highest BCUT2D eigenvalue weighted by molar-refractivity contribution is 5.78. The zero-order valence-corrected chi connectivity index (χ0v) is 11.8. The fraction of sp³-hybridized carbons (Fsp3) is 0.250. The summed E-state index contributed by atoms with van der Waals surface area (Å²) >= 11 is 0. The summed E-state index contributed by atoms with van der Waals surface area (Å²) in [5.74, 6) is 0.0395. The summed E-state index contributed by atoms with van der Waals surface area (Å²) in [5, 5.41) is 19.3. The van der Waals surface area contributed by atoms with Crippen molar-refractivity contribution in [3.63, 3.8) is 0 Å². The molecule has 3 aromatic rings. The number of fused-ring (bicyclic) bond motifs is 1. The van der Waals surface area contributed by atoms with Crippen LogP contribution in [0.3, 0.4) is 0 Å². The predicted octanol–water partition coefficient (Wildman–Crippen LogP) is 3.31. The quantitative estimate of drug-likeness (QED) is 0.802. The SMILES string of the molecule is CCc1nnc(C)cc1C(O)c1cc2cc(F)ccc2o1. The summed E-state index contributed by atoms with van der Waals surface area (Å²) in [4.78, 5) is 0. The number of furan rings is 1. The van der Waals surface area contributed by atoms with Gasteiger partial charge in [0.25, 0.3) is 0 Å². The van der Waals surface area contributed by atoms with Crippen LogP contribution in [0.5, 0.6) is 0 Å². The van der Waals surface area contributed by atoms with Gasteiger partial charge in [0.15, 0.2) is 0 Å². The molecule has 0 spiro atoms. The van der Waals surface area contributed by atoms with Crippen LogP contribution in [0.4, 0.5) is 4.39 Å². The second-order valence-corrected chi connectivity index (χ2v) is 4.97. The fourth-order valence-electron chi connectivity index (χ4n) is 2.37. The number of nitrogens with zero attached hydrogens (tertiary/aromatic N) is 2. The van der Waals surface area contributed by atoms with Crippen molar-refractivity contribution in [3.8, 4) is 0 Å². The van der Waals surface area contributed by atoms with Crippen LogP contribution < -0.4 is 0 Å². The van der Waals surface area contributed by atoms with E-state index in [9.17, 15) is 9.50 Å². The van der Waals surface area contributed by atoms with Crippen molar-refractivity contribution in [2.24, 2.45) is 0 Å². The molecule has 0 saturated carbocycles. The van der Waals surface area contributed by atoms with Gasteiger partial charge < -0.3 is 9.52 Å². The van der Waals surface area contributed by atoms with Crippen LogP contribution in [-0.4, -0.2) is 15.3 Å². The van der Waals surface area contributed by atoms with E-state index in [0.717, 1.165) is 11.4 Å². The highest BCUT2D eigenvalue weighted by atomic mass is 19.1. The largest absolute Gasteiger partial charge is 0.458 e. The number of aliphatic hydroxyl groups is 1. The van der Waals surface area contributed by atoms with Crippen LogP contribution in [0.15, 0.2) is 34.7 Å². The van der Waals surface area contributed by atoms with Crippen molar-refractivity contribution in [2.75, 3.05) is 0 Å². The van der Waals surface area contributed by atoms with Crippen LogP contribution >= 0.6 is 0 Å². The Bertz CT molecular complexity index is 798. The second kappa shape index (κ2) is 5.26. The van der Waals surface area contributed by atoms with Gasteiger partial charge in [-0.15, -0.1) is 0 Å². The van der Waals surface area contributed by atoms with Gasteiger partial charge in [0.1, 0.15) is 23.3 Å². The van der Waals surface area contributed by atoms with Gasteiger partial charge >= 0.3 is 0 Å². The standard InChI is InChI=1S/C16H15FN2O2/c1-3-13-12(6-9(2)18-19-13)16(20)15-8-10-7-11(17)4-5-14(10)21-15/h4-8,16,20H,3H2,1-2H3. The van der Waals surface area contributed by atoms with Crippen LogP contribution in [0.1, 0.15) is 35.7 Å². The van der Waals surface area contributed by atoms with E-state index in [1.165, 1.54) is 12.1 Å². The number of hydrogen-bond acceptors (Lipinski definition) is 4. The molecule has 0 amide bonds. The van der Waals surface area contributed by atoms with Gasteiger partial charge in [0, 0.05) is 10.9 Å². The van der Waals surface area contributed by atoms with Gasteiger partial charge in [-0.2, -0.15) is 10.2 Å². The highest BCUT2D eigenvalue weighted by Crippen LogP contribution is 2.30. The van der Waals surface area contributed by atoms with Crippen molar-refractivity contribution in [1.82, 2.24) is 10.2 Å². The molecule has 0 saturated heterocycles. The Morgan fingerprint density at radius 1 is 1.24 bits per heavy atom. The molecule has 0 fully saturated rings. The Kier molecular flexibility index (Phi) is 3.43. The fourth-order valence-corrected chi connectivity index (χ4v) is 2.37. The molecule has 1 aromatic carbocycles. The maximum atomic E-state index is 13.2. The first-order chi connectivity index (χ1) is 10.1. The Labute approximate surface area is 121 Å². The van der Waals surface area contributed by atoms with Gasteiger partial charge in [0.2, 0.25) is 0 Å². The predicted molar refractivity (Wildman–Crippen MR) is 76.4 cm³/mol. The molecule has 3 rings (SSSR count). The summed E-state index contributed by atoms with van der Waals surface area (Å²) in [5.41, 5.74) is 2.66. The van der Waals surface area contributed by atoms with E-state index >= 15 is 0 Å². The molecule has 1 N–H and O–H groups in total. The van der Waals surface area contributed by atoms with Crippen molar-refractivity contribution in [3.05, 3.63) is 58.9 Å². The average Bonchev–Trinajstić information content (AvgIpc) is 2.89. The second-order valence-electron chi connectivity index (χ2n) is 4.97. The highest BCUT2D eigenvalue weighted by Gasteiger charge is 2.20. The van der Waals surface area contributed by atoms with Crippen molar-refractivity contribution >= 4 is 11.0 Å². The van der Waals surface area contributed by atoms with E-state index in [2.05, 4.69) is 10.2 Å². The Balaban J connectivity index is 2.07. The van der Waals surface area contributed by atoms with Crippen LogP contribution in [-0.2, 0) is 6.42 Å². The lowest BCUT2D eigenvalue weighted by atomic mass is 10.0. The van der Waals surface area contributed by atoms with Gasteiger partial charge in [-0.05, 0) is 43.7 Å². The maximum absolute atomic E-state index is 13.2. The zero-order chi connectivity index (χ0) is 15.0. The Morgan fingerprint density at radius 2 is 2.05 bits per heavy atom. The number of benzene rings is 1. The molecule has 1 atom stereocenters. The Morgan fingerprint density at radius 3 is 2.81 bits per heavy atom. The van der Waals surface area contributed by atoms with Crippen LogP contribution in [0.25, 0.3) is 11.0 Å². The van der Waals surface area contributed by atoms with Gasteiger partial charge in [-0.3, -0.25) is 0 Å².